The van der Waals surface area contributed by atoms with Crippen LogP contribution < -0.4 is 5.73 Å². The lowest BCUT2D eigenvalue weighted by atomic mass is 10.3. The molecule has 0 aliphatic heterocycles. The van der Waals surface area contributed by atoms with Gasteiger partial charge in [-0.15, -0.1) is 0 Å². The van der Waals surface area contributed by atoms with E-state index in [2.05, 4.69) is 0 Å². The van der Waals surface area contributed by atoms with Crippen molar-refractivity contribution in [1.29, 1.82) is 0 Å². The standard InChI is InChI=1S/C10H15NO4S2/c1-16(12,13)7-2-8-17(14,15)10-5-3-9(11)4-6-10/h3-6H,2,7-8,11H2,1H3. The van der Waals surface area contributed by atoms with Crippen molar-refractivity contribution < 1.29 is 16.8 Å². The molecule has 7 heteroatoms. The van der Waals surface area contributed by atoms with Crippen LogP contribution in [-0.2, 0) is 19.7 Å². The van der Waals surface area contributed by atoms with Gasteiger partial charge < -0.3 is 5.73 Å². The average molecular weight is 277 g/mol. The molecule has 5 nitrogen and oxygen atoms in total. The summed E-state index contributed by atoms with van der Waals surface area (Å²) in [5, 5.41) is 0. The van der Waals surface area contributed by atoms with Crippen LogP contribution in [0.3, 0.4) is 0 Å². The van der Waals surface area contributed by atoms with Crippen LogP contribution in [0.1, 0.15) is 6.42 Å². The second kappa shape index (κ2) is 5.05. The molecule has 0 spiro atoms. The summed E-state index contributed by atoms with van der Waals surface area (Å²) in [5.74, 6) is -0.300. The van der Waals surface area contributed by atoms with Gasteiger partial charge in [0.25, 0.3) is 0 Å². The van der Waals surface area contributed by atoms with Crippen LogP contribution in [0.25, 0.3) is 0 Å². The predicted molar refractivity (Wildman–Crippen MR) is 67.2 cm³/mol. The maximum absolute atomic E-state index is 11.8. The highest BCUT2D eigenvalue weighted by Crippen LogP contribution is 2.14. The number of anilines is 1. The summed E-state index contributed by atoms with van der Waals surface area (Å²) < 4.78 is 45.4. The summed E-state index contributed by atoms with van der Waals surface area (Å²) in [7, 11) is -6.54. The zero-order chi connectivity index (χ0) is 13.1. The van der Waals surface area contributed by atoms with Crippen molar-refractivity contribution in [1.82, 2.24) is 0 Å². The van der Waals surface area contributed by atoms with Crippen molar-refractivity contribution in [3.63, 3.8) is 0 Å². The Morgan fingerprint density at radius 2 is 1.53 bits per heavy atom. The Bertz CT molecular complexity index is 573. The fourth-order valence-electron chi connectivity index (χ4n) is 1.30. The molecule has 1 rings (SSSR count). The molecule has 0 radical (unpaired) electrons. The summed E-state index contributed by atoms with van der Waals surface area (Å²) in [5.41, 5.74) is 5.94. The predicted octanol–water partition coefficient (Wildman–Crippen LogP) is 0.477. The van der Waals surface area contributed by atoms with Crippen molar-refractivity contribution in [2.75, 3.05) is 23.5 Å². The van der Waals surface area contributed by atoms with E-state index in [1.807, 2.05) is 0 Å². The minimum atomic E-state index is -3.42. The third-order valence-corrected chi connectivity index (χ3v) is 5.01. The van der Waals surface area contributed by atoms with Crippen molar-refractivity contribution in [3.8, 4) is 0 Å². The molecule has 2 N–H and O–H groups in total. The van der Waals surface area contributed by atoms with E-state index in [1.165, 1.54) is 24.3 Å². The molecule has 0 unspecified atom stereocenters. The Hall–Kier alpha value is -1.08. The van der Waals surface area contributed by atoms with E-state index < -0.39 is 19.7 Å². The van der Waals surface area contributed by atoms with Crippen molar-refractivity contribution in [3.05, 3.63) is 24.3 Å². The number of sulfone groups is 2. The van der Waals surface area contributed by atoms with Gasteiger partial charge in [-0.2, -0.15) is 0 Å². The zero-order valence-electron chi connectivity index (χ0n) is 9.46. The molecule has 0 heterocycles. The number of nitrogens with two attached hydrogens (primary N) is 1. The van der Waals surface area contributed by atoms with E-state index in [1.54, 1.807) is 0 Å². The second-order valence-corrected chi connectivity index (χ2v) is 8.24. The first-order valence-corrected chi connectivity index (χ1v) is 8.68. The molecule has 0 bridgehead atoms. The quantitative estimate of drug-likeness (QED) is 0.790. The van der Waals surface area contributed by atoms with E-state index in [9.17, 15) is 16.8 Å². The third-order valence-electron chi connectivity index (χ3n) is 2.17. The monoisotopic (exact) mass is 277 g/mol. The van der Waals surface area contributed by atoms with E-state index in [0.29, 0.717) is 5.69 Å². The van der Waals surface area contributed by atoms with Gasteiger partial charge in [0.05, 0.1) is 16.4 Å². The molecule has 96 valence electrons. The number of rotatable bonds is 5. The maximum Gasteiger partial charge on any atom is 0.178 e. The van der Waals surface area contributed by atoms with E-state index >= 15 is 0 Å². The SMILES string of the molecule is CS(=O)(=O)CCCS(=O)(=O)c1ccc(N)cc1. The van der Waals surface area contributed by atoms with Crippen molar-refractivity contribution in [2.24, 2.45) is 0 Å². The van der Waals surface area contributed by atoms with Crippen LogP contribution in [0.4, 0.5) is 5.69 Å². The Morgan fingerprint density at radius 1 is 1.00 bits per heavy atom. The molecule has 0 aliphatic rings. The highest BCUT2D eigenvalue weighted by molar-refractivity contribution is 7.92. The number of hydrogen-bond donors (Lipinski definition) is 1. The lowest BCUT2D eigenvalue weighted by Crippen LogP contribution is -2.12. The Kier molecular flexibility index (Phi) is 4.16. The van der Waals surface area contributed by atoms with Crippen molar-refractivity contribution in [2.45, 2.75) is 11.3 Å². The average Bonchev–Trinajstić information content (AvgIpc) is 2.15. The molecule has 0 fully saturated rings. The molecule has 1 aromatic rings. The topological polar surface area (TPSA) is 94.3 Å². The van der Waals surface area contributed by atoms with Gasteiger partial charge in [-0.25, -0.2) is 16.8 Å². The Morgan fingerprint density at radius 3 is 2.00 bits per heavy atom. The van der Waals surface area contributed by atoms with Gasteiger partial charge in [0.2, 0.25) is 0 Å². The summed E-state index contributed by atoms with van der Waals surface area (Å²) in [6, 6.07) is 5.85. The van der Waals surface area contributed by atoms with Gasteiger partial charge in [0.1, 0.15) is 9.84 Å². The largest absolute Gasteiger partial charge is 0.399 e. The molecule has 17 heavy (non-hydrogen) atoms. The van der Waals surface area contributed by atoms with Crippen LogP contribution in [-0.4, -0.2) is 34.6 Å². The number of hydrogen-bond acceptors (Lipinski definition) is 5. The maximum atomic E-state index is 11.8. The van der Waals surface area contributed by atoms with Gasteiger partial charge in [0.15, 0.2) is 9.84 Å². The highest BCUT2D eigenvalue weighted by Gasteiger charge is 2.15. The number of nitrogen functional groups attached to an aromatic ring is 1. The molecule has 0 aromatic heterocycles. The first kappa shape index (κ1) is 14.0. The van der Waals surface area contributed by atoms with Gasteiger partial charge in [-0.05, 0) is 30.7 Å². The molecule has 1 aromatic carbocycles. The van der Waals surface area contributed by atoms with E-state index in [0.717, 1.165) is 6.26 Å². The molecular formula is C10H15NO4S2. The minimum absolute atomic E-state index is 0.103. The molecule has 0 atom stereocenters. The van der Waals surface area contributed by atoms with Gasteiger partial charge in [0, 0.05) is 11.9 Å². The number of benzene rings is 1. The molecule has 0 saturated heterocycles. The Balaban J connectivity index is 2.73. The first-order valence-electron chi connectivity index (χ1n) is 4.97. The summed E-state index contributed by atoms with van der Waals surface area (Å²) in [4.78, 5) is 0.167. The Labute approximate surface area is 101 Å². The van der Waals surface area contributed by atoms with Crippen LogP contribution in [0.5, 0.6) is 0 Å². The van der Waals surface area contributed by atoms with Crippen LogP contribution in [0.15, 0.2) is 29.2 Å². The van der Waals surface area contributed by atoms with Crippen LogP contribution >= 0.6 is 0 Å². The zero-order valence-corrected chi connectivity index (χ0v) is 11.1. The fraction of sp³-hybridized carbons (Fsp3) is 0.400. The lowest BCUT2D eigenvalue weighted by molar-refractivity contribution is 0.592. The molecule has 0 amide bonds. The van der Waals surface area contributed by atoms with Crippen LogP contribution in [0.2, 0.25) is 0 Å². The normalized spacial score (nSPS) is 12.5. The minimum Gasteiger partial charge on any atom is -0.399 e. The molecular weight excluding hydrogens is 262 g/mol. The van der Waals surface area contributed by atoms with Crippen LogP contribution in [0, 0.1) is 0 Å². The summed E-state index contributed by atoms with van der Waals surface area (Å²) >= 11 is 0. The lowest BCUT2D eigenvalue weighted by Gasteiger charge is -2.04. The summed E-state index contributed by atoms with van der Waals surface area (Å²) in [6.45, 7) is 0. The smallest absolute Gasteiger partial charge is 0.178 e. The van der Waals surface area contributed by atoms with Gasteiger partial charge >= 0.3 is 0 Å². The third kappa shape index (κ3) is 4.74. The highest BCUT2D eigenvalue weighted by atomic mass is 32.2. The van der Waals surface area contributed by atoms with E-state index in [4.69, 9.17) is 5.73 Å². The molecule has 0 aliphatic carbocycles. The second-order valence-electron chi connectivity index (χ2n) is 3.87. The van der Waals surface area contributed by atoms with Gasteiger partial charge in [-0.3, -0.25) is 0 Å². The van der Waals surface area contributed by atoms with Gasteiger partial charge in [-0.1, -0.05) is 0 Å². The summed E-state index contributed by atoms with van der Waals surface area (Å²) in [6.07, 6.45) is 1.19. The molecule has 0 saturated carbocycles. The van der Waals surface area contributed by atoms with E-state index in [-0.39, 0.29) is 22.8 Å². The fourth-order valence-corrected chi connectivity index (χ4v) is 3.47. The van der Waals surface area contributed by atoms with Crippen molar-refractivity contribution >= 4 is 25.4 Å². The first-order chi connectivity index (χ1) is 7.71.